The summed E-state index contributed by atoms with van der Waals surface area (Å²) < 4.78 is 4.92. The van der Waals surface area contributed by atoms with E-state index in [4.69, 9.17) is 33.7 Å². The van der Waals surface area contributed by atoms with Crippen LogP contribution >= 0.6 is 23.2 Å². The van der Waals surface area contributed by atoms with Gasteiger partial charge >= 0.3 is 12.1 Å². The van der Waals surface area contributed by atoms with Gasteiger partial charge in [-0.05, 0) is 17.7 Å². The largest absolute Gasteiger partial charge is 1.00 e. The highest BCUT2D eigenvalue weighted by molar-refractivity contribution is 6.42. The van der Waals surface area contributed by atoms with Crippen molar-refractivity contribution in [1.29, 1.82) is 0 Å². The van der Waals surface area contributed by atoms with Crippen LogP contribution in [0.2, 0.25) is 10.0 Å². The standard InChI is InChI=1S/C12H15Cl2N3O3.ClH/c1-17(11(16)18)12(19)20-6-8(15)4-7-2-3-9(13)10(14)5-7;/h2-3,5,8H,4,6,15H2,1H3,(H2,16,18);1H/t8-;/m1./s1. The first-order valence-electron chi connectivity index (χ1n) is 5.78. The molecule has 118 valence electrons. The molecule has 0 bridgehead atoms. The topological polar surface area (TPSA) is 100 Å². The van der Waals surface area contributed by atoms with Crippen LogP contribution in [0.5, 0.6) is 0 Å². The number of imide groups is 1. The zero-order valence-electron chi connectivity index (χ0n) is 11.3. The maximum Gasteiger partial charge on any atom is 0.417 e. The van der Waals surface area contributed by atoms with E-state index in [1.165, 1.54) is 7.05 Å². The third kappa shape index (κ3) is 6.39. The van der Waals surface area contributed by atoms with Crippen LogP contribution in [0.3, 0.4) is 0 Å². The number of hydrogen-bond donors (Lipinski definition) is 2. The molecule has 0 spiro atoms. The maximum absolute atomic E-state index is 11.4. The quantitative estimate of drug-likeness (QED) is 0.672. The fraction of sp³-hybridized carbons (Fsp3) is 0.333. The predicted molar refractivity (Wildman–Crippen MR) is 75.5 cm³/mol. The Kier molecular flexibility index (Phi) is 8.43. The number of rotatable bonds is 4. The molecule has 0 radical (unpaired) electrons. The van der Waals surface area contributed by atoms with Crippen LogP contribution < -0.4 is 23.9 Å². The van der Waals surface area contributed by atoms with Gasteiger partial charge in [-0.3, -0.25) is 0 Å². The van der Waals surface area contributed by atoms with Crippen molar-refractivity contribution >= 4 is 35.3 Å². The lowest BCUT2D eigenvalue weighted by atomic mass is 10.1. The molecule has 5 N–H and O–H groups in total. The minimum Gasteiger partial charge on any atom is -1.00 e. The fourth-order valence-electron chi connectivity index (χ4n) is 1.43. The Labute approximate surface area is 138 Å². The van der Waals surface area contributed by atoms with E-state index in [2.05, 4.69) is 5.73 Å². The van der Waals surface area contributed by atoms with Crippen molar-refractivity contribution in [2.45, 2.75) is 12.5 Å². The van der Waals surface area contributed by atoms with E-state index in [-0.39, 0.29) is 25.1 Å². The van der Waals surface area contributed by atoms with Crippen LogP contribution in [-0.4, -0.2) is 36.7 Å². The summed E-state index contributed by atoms with van der Waals surface area (Å²) in [5.74, 6) is 0. The Bertz CT molecular complexity index is 514. The van der Waals surface area contributed by atoms with Gasteiger partial charge in [0.05, 0.1) is 10.0 Å². The van der Waals surface area contributed by atoms with Gasteiger partial charge in [-0.1, -0.05) is 29.3 Å². The van der Waals surface area contributed by atoms with Crippen molar-refractivity contribution in [3.63, 3.8) is 0 Å². The van der Waals surface area contributed by atoms with E-state index in [1.807, 2.05) is 6.07 Å². The molecule has 0 fully saturated rings. The van der Waals surface area contributed by atoms with Crippen molar-refractivity contribution in [3.05, 3.63) is 33.8 Å². The summed E-state index contributed by atoms with van der Waals surface area (Å²) in [5, 5.41) is 0.937. The molecule has 1 atom stereocenters. The SMILES string of the molecule is CN(C(N)=O)C(=O)OC[C@H]([NH3+])Cc1ccc(Cl)c(Cl)c1.[Cl-]. The third-order valence-corrected chi connectivity index (χ3v) is 3.29. The second kappa shape index (κ2) is 8.94. The first-order chi connectivity index (χ1) is 9.31. The Balaban J connectivity index is 0.00000400. The maximum atomic E-state index is 11.4. The molecule has 3 amide bonds. The minimum absolute atomic E-state index is 0. The van der Waals surface area contributed by atoms with Crippen molar-refractivity contribution < 1.29 is 32.5 Å². The molecule has 0 aliphatic heterocycles. The van der Waals surface area contributed by atoms with Crippen LogP contribution in [-0.2, 0) is 11.2 Å². The van der Waals surface area contributed by atoms with Gasteiger partial charge < -0.3 is 28.6 Å². The summed E-state index contributed by atoms with van der Waals surface area (Å²) in [5.41, 5.74) is 9.74. The Morgan fingerprint density at radius 3 is 2.52 bits per heavy atom. The van der Waals surface area contributed by atoms with Crippen molar-refractivity contribution in [2.24, 2.45) is 5.73 Å². The number of amides is 3. The number of ether oxygens (including phenoxy) is 1. The fourth-order valence-corrected chi connectivity index (χ4v) is 1.76. The molecule has 0 aliphatic carbocycles. The summed E-state index contributed by atoms with van der Waals surface area (Å²) in [6.07, 6.45) is -0.245. The minimum atomic E-state index is -0.875. The number of benzene rings is 1. The molecule has 1 rings (SSSR count). The number of carbonyl (C=O) groups excluding carboxylic acids is 2. The number of halogens is 3. The van der Waals surface area contributed by atoms with Crippen LogP contribution in [0.1, 0.15) is 5.56 Å². The molecule has 0 aromatic heterocycles. The molecule has 9 heteroatoms. The van der Waals surface area contributed by atoms with Crippen LogP contribution in [0.15, 0.2) is 18.2 Å². The molecular weight excluding hydrogens is 341 g/mol. The highest BCUT2D eigenvalue weighted by atomic mass is 35.5. The molecule has 0 unspecified atom stereocenters. The van der Waals surface area contributed by atoms with Crippen molar-refractivity contribution in [1.82, 2.24) is 4.90 Å². The molecule has 21 heavy (non-hydrogen) atoms. The number of nitrogens with zero attached hydrogens (tertiary/aromatic N) is 1. The summed E-state index contributed by atoms with van der Waals surface area (Å²) in [4.78, 5) is 22.8. The molecule has 1 aromatic carbocycles. The lowest BCUT2D eigenvalue weighted by Gasteiger charge is -2.14. The molecule has 0 saturated carbocycles. The first kappa shape index (κ1) is 19.8. The monoisotopic (exact) mass is 355 g/mol. The summed E-state index contributed by atoms with van der Waals surface area (Å²) >= 11 is 11.7. The second-order valence-corrected chi connectivity index (χ2v) is 5.11. The summed E-state index contributed by atoms with van der Waals surface area (Å²) in [6, 6.07) is 4.19. The Morgan fingerprint density at radius 1 is 1.38 bits per heavy atom. The number of nitrogens with two attached hydrogens (primary N) is 1. The molecule has 0 saturated heterocycles. The van der Waals surface area contributed by atoms with Crippen molar-refractivity contribution in [2.75, 3.05) is 13.7 Å². The van der Waals surface area contributed by atoms with Crippen LogP contribution in [0.25, 0.3) is 0 Å². The Morgan fingerprint density at radius 2 is 2.00 bits per heavy atom. The summed E-state index contributed by atoms with van der Waals surface area (Å²) in [7, 11) is 1.24. The zero-order valence-corrected chi connectivity index (χ0v) is 13.6. The average Bonchev–Trinajstić information content (AvgIpc) is 2.39. The molecule has 0 heterocycles. The zero-order chi connectivity index (χ0) is 15.3. The molecule has 1 aromatic rings. The van der Waals surface area contributed by atoms with Gasteiger partial charge in [-0.15, -0.1) is 0 Å². The molecular formula is C12H16Cl3N3O3. The van der Waals surface area contributed by atoms with Gasteiger partial charge in [-0.2, -0.15) is 0 Å². The van der Waals surface area contributed by atoms with E-state index in [0.29, 0.717) is 21.4 Å². The van der Waals surface area contributed by atoms with Crippen LogP contribution in [0.4, 0.5) is 9.59 Å². The Hall–Kier alpha value is -1.21. The third-order valence-electron chi connectivity index (χ3n) is 2.56. The number of urea groups is 1. The van der Waals surface area contributed by atoms with E-state index in [0.717, 1.165) is 5.56 Å². The number of hydrogen-bond acceptors (Lipinski definition) is 3. The van der Waals surface area contributed by atoms with E-state index >= 15 is 0 Å². The lowest BCUT2D eigenvalue weighted by molar-refractivity contribution is -0.424. The lowest BCUT2D eigenvalue weighted by Crippen LogP contribution is -3.00. The predicted octanol–water partition coefficient (Wildman–Crippen LogP) is -1.70. The smallest absolute Gasteiger partial charge is 0.417 e. The summed E-state index contributed by atoms with van der Waals surface area (Å²) in [6.45, 7) is 0.0662. The van der Waals surface area contributed by atoms with Crippen LogP contribution in [0, 0.1) is 0 Å². The average molecular weight is 357 g/mol. The molecule has 0 aliphatic rings. The normalized spacial score (nSPS) is 11.2. The van der Waals surface area contributed by atoms with Gasteiger partial charge in [0.25, 0.3) is 0 Å². The highest BCUT2D eigenvalue weighted by Gasteiger charge is 2.17. The van der Waals surface area contributed by atoms with E-state index in [9.17, 15) is 9.59 Å². The molecule has 6 nitrogen and oxygen atoms in total. The van der Waals surface area contributed by atoms with Gasteiger partial charge in [0, 0.05) is 13.5 Å². The second-order valence-electron chi connectivity index (χ2n) is 4.29. The number of quaternary nitrogens is 1. The van der Waals surface area contributed by atoms with Gasteiger partial charge in [-0.25, -0.2) is 14.5 Å². The van der Waals surface area contributed by atoms with E-state index < -0.39 is 12.1 Å². The number of primary amides is 1. The van der Waals surface area contributed by atoms with Gasteiger partial charge in [0.15, 0.2) is 0 Å². The van der Waals surface area contributed by atoms with Crippen molar-refractivity contribution in [3.8, 4) is 0 Å². The number of carbonyl (C=O) groups is 2. The highest BCUT2D eigenvalue weighted by Crippen LogP contribution is 2.22. The van der Waals surface area contributed by atoms with Gasteiger partial charge in [0.1, 0.15) is 12.6 Å². The first-order valence-corrected chi connectivity index (χ1v) is 6.53. The van der Waals surface area contributed by atoms with Gasteiger partial charge in [0.2, 0.25) is 0 Å². The van der Waals surface area contributed by atoms with E-state index in [1.54, 1.807) is 12.1 Å².